The summed E-state index contributed by atoms with van der Waals surface area (Å²) in [7, 11) is 0. The zero-order valence-corrected chi connectivity index (χ0v) is 14.2. The summed E-state index contributed by atoms with van der Waals surface area (Å²) in [5, 5.41) is 18.8. The molecule has 3 aromatic carbocycles. The summed E-state index contributed by atoms with van der Waals surface area (Å²) in [4.78, 5) is 23.1. The van der Waals surface area contributed by atoms with E-state index >= 15 is 0 Å². The van der Waals surface area contributed by atoms with Gasteiger partial charge in [-0.05, 0) is 17.7 Å². The number of ketones is 1. The molecule has 0 amide bonds. The second-order valence-corrected chi connectivity index (χ2v) is 5.60. The molecular weight excluding hydrogens is 342 g/mol. The molecule has 3 rings (SSSR count). The van der Waals surface area contributed by atoms with Crippen molar-refractivity contribution in [3.8, 4) is 0 Å². The lowest BCUT2D eigenvalue weighted by molar-refractivity contribution is -0.384. The fourth-order valence-corrected chi connectivity index (χ4v) is 2.39. The van der Waals surface area contributed by atoms with Gasteiger partial charge in [0, 0.05) is 23.3 Å². The molecule has 0 bridgehead atoms. The Bertz CT molecular complexity index is 996. The van der Waals surface area contributed by atoms with Crippen molar-refractivity contribution in [3.63, 3.8) is 0 Å². The summed E-state index contributed by atoms with van der Waals surface area (Å²) in [5.41, 5.74) is 2.04. The van der Waals surface area contributed by atoms with E-state index in [-0.39, 0.29) is 17.2 Å². The standard InChI is InChI=1S/C21H15N3O3/c25-21(18-9-5-2-6-10-18)20(17-7-3-1-4-8-17)23-22-15-16-11-13-19(14-12-16)24(26)27/h1-15H/b22-15?,23-20-. The van der Waals surface area contributed by atoms with E-state index in [1.165, 1.54) is 18.3 Å². The molecule has 27 heavy (non-hydrogen) atoms. The summed E-state index contributed by atoms with van der Waals surface area (Å²) in [6, 6.07) is 23.9. The van der Waals surface area contributed by atoms with Crippen LogP contribution in [-0.2, 0) is 0 Å². The molecule has 0 aliphatic carbocycles. The van der Waals surface area contributed by atoms with Gasteiger partial charge in [0.1, 0.15) is 5.71 Å². The molecule has 0 aliphatic rings. The first-order chi connectivity index (χ1) is 13.1. The van der Waals surface area contributed by atoms with Gasteiger partial charge >= 0.3 is 0 Å². The lowest BCUT2D eigenvalue weighted by atomic mass is 10.0. The van der Waals surface area contributed by atoms with Crippen molar-refractivity contribution in [2.75, 3.05) is 0 Å². The average Bonchev–Trinajstić information content (AvgIpc) is 2.72. The third-order valence-electron chi connectivity index (χ3n) is 3.77. The summed E-state index contributed by atoms with van der Waals surface area (Å²) >= 11 is 0. The zero-order chi connectivity index (χ0) is 19.1. The molecule has 0 atom stereocenters. The van der Waals surface area contributed by atoms with Gasteiger partial charge in [-0.2, -0.15) is 5.10 Å². The first-order valence-electron chi connectivity index (χ1n) is 8.16. The van der Waals surface area contributed by atoms with E-state index in [0.717, 1.165) is 0 Å². The number of carbonyl (C=O) groups excluding carboxylic acids is 1. The van der Waals surface area contributed by atoms with Crippen molar-refractivity contribution < 1.29 is 9.72 Å². The van der Waals surface area contributed by atoms with Gasteiger partial charge < -0.3 is 0 Å². The number of non-ortho nitro benzene ring substituents is 1. The number of carbonyl (C=O) groups is 1. The number of nitro benzene ring substituents is 1. The van der Waals surface area contributed by atoms with Crippen molar-refractivity contribution >= 4 is 23.4 Å². The summed E-state index contributed by atoms with van der Waals surface area (Å²) in [6.07, 6.45) is 1.45. The Balaban J connectivity index is 1.90. The van der Waals surface area contributed by atoms with Crippen molar-refractivity contribution in [3.05, 3.63) is 112 Å². The molecule has 6 nitrogen and oxygen atoms in total. The lowest BCUT2D eigenvalue weighted by Gasteiger charge is -2.04. The minimum atomic E-state index is -0.467. The van der Waals surface area contributed by atoms with Crippen LogP contribution in [-0.4, -0.2) is 22.6 Å². The fourth-order valence-electron chi connectivity index (χ4n) is 2.39. The average molecular weight is 357 g/mol. The predicted molar refractivity (Wildman–Crippen MR) is 104 cm³/mol. The highest BCUT2D eigenvalue weighted by molar-refractivity contribution is 6.51. The van der Waals surface area contributed by atoms with E-state index in [1.54, 1.807) is 48.5 Å². The van der Waals surface area contributed by atoms with E-state index in [4.69, 9.17) is 0 Å². The summed E-state index contributed by atoms with van der Waals surface area (Å²) in [5.74, 6) is -0.234. The molecule has 132 valence electrons. The molecule has 0 aromatic heterocycles. The van der Waals surface area contributed by atoms with Crippen LogP contribution >= 0.6 is 0 Å². The smallest absolute Gasteiger partial charge is 0.269 e. The highest BCUT2D eigenvalue weighted by Gasteiger charge is 2.16. The van der Waals surface area contributed by atoms with E-state index in [1.807, 2.05) is 24.3 Å². The van der Waals surface area contributed by atoms with Crippen LogP contribution < -0.4 is 0 Å². The highest BCUT2D eigenvalue weighted by Crippen LogP contribution is 2.12. The molecule has 3 aromatic rings. The minimum absolute atomic E-state index is 0.000110. The SMILES string of the molecule is O=C(/C(=N\N=Cc1ccc([N+](=O)[O-])cc1)c1ccccc1)c1ccccc1. The molecule has 0 radical (unpaired) electrons. The van der Waals surface area contributed by atoms with Gasteiger partial charge in [0.05, 0.1) is 11.1 Å². The Hall–Kier alpha value is -3.93. The van der Waals surface area contributed by atoms with Crippen molar-refractivity contribution in [2.45, 2.75) is 0 Å². The first kappa shape index (κ1) is 17.9. The molecule has 0 aliphatic heterocycles. The second-order valence-electron chi connectivity index (χ2n) is 5.60. The van der Waals surface area contributed by atoms with Crippen LogP contribution in [0.3, 0.4) is 0 Å². The number of nitrogens with zero attached hydrogens (tertiary/aromatic N) is 3. The molecule has 0 spiro atoms. The quantitative estimate of drug-likeness (QED) is 0.285. The number of hydrogen-bond acceptors (Lipinski definition) is 5. The number of hydrogen-bond donors (Lipinski definition) is 0. The van der Waals surface area contributed by atoms with Gasteiger partial charge in [-0.1, -0.05) is 60.7 Å². The van der Waals surface area contributed by atoms with E-state index in [9.17, 15) is 14.9 Å². The zero-order valence-electron chi connectivity index (χ0n) is 14.2. The third-order valence-corrected chi connectivity index (χ3v) is 3.77. The minimum Gasteiger partial charge on any atom is -0.287 e. The van der Waals surface area contributed by atoms with Gasteiger partial charge in [0.2, 0.25) is 5.78 Å². The summed E-state index contributed by atoms with van der Waals surface area (Å²) in [6.45, 7) is 0. The lowest BCUT2D eigenvalue weighted by Crippen LogP contribution is -2.15. The van der Waals surface area contributed by atoms with Crippen LogP contribution in [0.1, 0.15) is 21.5 Å². The number of Topliss-reactive ketones (excluding diaryl/α,β-unsaturated/α-hetero) is 1. The highest BCUT2D eigenvalue weighted by atomic mass is 16.6. The summed E-state index contributed by atoms with van der Waals surface area (Å²) < 4.78 is 0. The molecular formula is C21H15N3O3. The van der Waals surface area contributed by atoms with E-state index in [0.29, 0.717) is 16.7 Å². The normalized spacial score (nSPS) is 11.5. The monoisotopic (exact) mass is 357 g/mol. The van der Waals surface area contributed by atoms with Crippen molar-refractivity contribution in [2.24, 2.45) is 10.2 Å². The van der Waals surface area contributed by atoms with Crippen LogP contribution in [0.4, 0.5) is 5.69 Å². The van der Waals surface area contributed by atoms with Crippen molar-refractivity contribution in [1.29, 1.82) is 0 Å². The van der Waals surface area contributed by atoms with Crippen molar-refractivity contribution in [1.82, 2.24) is 0 Å². The number of benzene rings is 3. The largest absolute Gasteiger partial charge is 0.287 e. The molecule has 0 heterocycles. The molecule has 0 saturated carbocycles. The van der Waals surface area contributed by atoms with Gasteiger partial charge in [0.15, 0.2) is 0 Å². The Morgan fingerprint density at radius 2 is 1.37 bits per heavy atom. The number of nitro groups is 1. The van der Waals surface area contributed by atoms with Crippen LogP contribution in [0.2, 0.25) is 0 Å². The maximum Gasteiger partial charge on any atom is 0.269 e. The third kappa shape index (κ3) is 4.58. The van der Waals surface area contributed by atoms with Crippen LogP contribution in [0.25, 0.3) is 0 Å². The first-order valence-corrected chi connectivity index (χ1v) is 8.16. The van der Waals surface area contributed by atoms with E-state index < -0.39 is 4.92 Å². The molecule has 6 heteroatoms. The Labute approximate surface area is 155 Å². The van der Waals surface area contributed by atoms with Gasteiger partial charge in [0.25, 0.3) is 5.69 Å². The molecule has 0 saturated heterocycles. The van der Waals surface area contributed by atoms with Gasteiger partial charge in [-0.25, -0.2) is 0 Å². The Kier molecular flexibility index (Phi) is 5.59. The maximum absolute atomic E-state index is 12.8. The molecule has 0 fully saturated rings. The Morgan fingerprint density at radius 3 is 1.93 bits per heavy atom. The van der Waals surface area contributed by atoms with E-state index in [2.05, 4.69) is 10.2 Å². The fraction of sp³-hybridized carbons (Fsp3) is 0. The molecule has 0 N–H and O–H groups in total. The van der Waals surface area contributed by atoms with Crippen LogP contribution in [0, 0.1) is 10.1 Å². The predicted octanol–water partition coefficient (Wildman–Crippen LogP) is 4.30. The van der Waals surface area contributed by atoms with Gasteiger partial charge in [-0.15, -0.1) is 5.10 Å². The topological polar surface area (TPSA) is 84.9 Å². The van der Waals surface area contributed by atoms with Crippen LogP contribution in [0.15, 0.2) is 95.1 Å². The number of rotatable bonds is 6. The second kappa shape index (κ2) is 8.44. The maximum atomic E-state index is 12.8. The van der Waals surface area contributed by atoms with Crippen LogP contribution in [0.5, 0.6) is 0 Å². The molecule has 0 unspecified atom stereocenters. The van der Waals surface area contributed by atoms with Gasteiger partial charge in [-0.3, -0.25) is 14.9 Å². The Morgan fingerprint density at radius 1 is 0.815 bits per heavy atom.